The number of halogens is 1. The first-order chi connectivity index (χ1) is 12.3. The van der Waals surface area contributed by atoms with Crippen LogP contribution in [0.15, 0.2) is 48.8 Å². The number of hydrogen-bond acceptors (Lipinski definition) is 3. The van der Waals surface area contributed by atoms with Crippen molar-refractivity contribution < 1.29 is 26.7 Å². The molecule has 142 valence electrons. The fourth-order valence-corrected chi connectivity index (χ4v) is 3.69. The van der Waals surface area contributed by atoms with Gasteiger partial charge in [-0.3, -0.25) is 0 Å². The van der Waals surface area contributed by atoms with Crippen molar-refractivity contribution in [1.29, 1.82) is 0 Å². The second-order valence-corrected chi connectivity index (χ2v) is 7.00. The lowest BCUT2D eigenvalue weighted by molar-refractivity contribution is -0.685. The molecule has 2 heterocycles. The molecule has 0 saturated heterocycles. The van der Waals surface area contributed by atoms with Gasteiger partial charge in [0.1, 0.15) is 12.7 Å². The Hall–Kier alpha value is -1.46. The van der Waals surface area contributed by atoms with Crippen molar-refractivity contribution in [3.63, 3.8) is 0 Å². The van der Waals surface area contributed by atoms with Crippen LogP contribution in [-0.2, 0) is 12.3 Å². The highest BCUT2D eigenvalue weighted by molar-refractivity contribution is 5.37. The predicted molar refractivity (Wildman–Crippen MR) is 100 cm³/mol. The quantitative estimate of drug-likeness (QED) is 0.482. The Bertz CT molecular complexity index is 667. The molecule has 0 aliphatic carbocycles. The molecule has 4 nitrogen and oxygen atoms in total. The van der Waals surface area contributed by atoms with E-state index < -0.39 is 5.72 Å². The molecule has 0 fully saturated rings. The minimum atomic E-state index is -1.01. The first-order valence-electron chi connectivity index (χ1n) is 9.65. The largest absolute Gasteiger partial charge is 1.00 e. The van der Waals surface area contributed by atoms with Gasteiger partial charge in [0.25, 0.3) is 0 Å². The summed E-state index contributed by atoms with van der Waals surface area (Å²) in [6.45, 7) is 3.60. The lowest BCUT2D eigenvalue weighted by atomic mass is 10.0. The van der Waals surface area contributed by atoms with Crippen molar-refractivity contribution in [2.45, 2.75) is 64.1 Å². The number of rotatable bonds is 9. The molecule has 1 N–H and O–H groups in total. The lowest BCUT2D eigenvalue weighted by Crippen LogP contribution is -3.00. The van der Waals surface area contributed by atoms with E-state index in [1.807, 2.05) is 47.2 Å². The van der Waals surface area contributed by atoms with Gasteiger partial charge in [0.15, 0.2) is 0 Å². The number of aliphatic hydroxyl groups is 1. The summed E-state index contributed by atoms with van der Waals surface area (Å²) in [5.41, 5.74) is -0.0754. The van der Waals surface area contributed by atoms with Gasteiger partial charge in [0, 0.05) is 11.6 Å². The molecule has 3 rings (SSSR count). The molecule has 0 bridgehead atoms. The van der Waals surface area contributed by atoms with E-state index in [2.05, 4.69) is 16.8 Å². The fourth-order valence-electron chi connectivity index (χ4n) is 3.69. The van der Waals surface area contributed by atoms with Crippen LogP contribution in [0.5, 0.6) is 0 Å². The van der Waals surface area contributed by atoms with Crippen LogP contribution in [0.1, 0.15) is 57.4 Å². The maximum atomic E-state index is 11.5. The summed E-state index contributed by atoms with van der Waals surface area (Å²) in [5, 5.41) is 11.5. The Morgan fingerprint density at radius 3 is 2.46 bits per heavy atom. The Morgan fingerprint density at radius 1 is 1.04 bits per heavy atom. The molecule has 5 heteroatoms. The van der Waals surface area contributed by atoms with E-state index in [-0.39, 0.29) is 17.0 Å². The van der Waals surface area contributed by atoms with Crippen LogP contribution in [-0.4, -0.2) is 16.6 Å². The fraction of sp³-hybridized carbons (Fsp3) is 0.524. The standard InChI is InChI=1S/C21H30N3O.BrH/c1-2-3-4-5-6-7-11-17-24-20-22-15-12-16-23(20)18-21(24,25)19-13-9-8-10-14-19;/h8-10,12-16,25H,2-7,11,17-18H2,1H3;1H/q+1;/p-1/t21-;/m1./s1. The summed E-state index contributed by atoms with van der Waals surface area (Å²) in [4.78, 5) is 6.61. The molecule has 26 heavy (non-hydrogen) atoms. The van der Waals surface area contributed by atoms with Crippen LogP contribution in [0.2, 0.25) is 0 Å². The highest BCUT2D eigenvalue weighted by Crippen LogP contribution is 2.33. The molecule has 0 saturated carbocycles. The average Bonchev–Trinajstić information content (AvgIpc) is 2.94. The van der Waals surface area contributed by atoms with Gasteiger partial charge in [0.05, 0.1) is 12.7 Å². The van der Waals surface area contributed by atoms with E-state index in [1.54, 1.807) is 6.20 Å². The first kappa shape index (κ1) is 20.8. The maximum Gasteiger partial charge on any atom is 0.396 e. The summed E-state index contributed by atoms with van der Waals surface area (Å²) in [5.74, 6) is 0.861. The second-order valence-electron chi connectivity index (χ2n) is 7.00. The van der Waals surface area contributed by atoms with Crippen LogP contribution >= 0.6 is 0 Å². The zero-order valence-corrected chi connectivity index (χ0v) is 17.2. The van der Waals surface area contributed by atoms with Gasteiger partial charge in [-0.05, 0) is 6.42 Å². The number of aromatic nitrogens is 2. The van der Waals surface area contributed by atoms with Crippen molar-refractivity contribution in [2.24, 2.45) is 0 Å². The highest BCUT2D eigenvalue weighted by Gasteiger charge is 2.50. The van der Waals surface area contributed by atoms with Gasteiger partial charge in [-0.25, -0.2) is 9.47 Å². The van der Waals surface area contributed by atoms with Crippen LogP contribution < -0.4 is 26.4 Å². The second kappa shape index (κ2) is 10.0. The summed E-state index contributed by atoms with van der Waals surface area (Å²) in [6.07, 6.45) is 12.7. The van der Waals surface area contributed by atoms with Crippen molar-refractivity contribution in [3.8, 4) is 0 Å². The summed E-state index contributed by atoms with van der Waals surface area (Å²) >= 11 is 0. The highest BCUT2D eigenvalue weighted by atomic mass is 79.9. The molecule has 1 atom stereocenters. The normalized spacial score (nSPS) is 18.5. The van der Waals surface area contributed by atoms with E-state index >= 15 is 0 Å². The number of unbranched alkanes of at least 4 members (excludes halogenated alkanes) is 6. The van der Waals surface area contributed by atoms with Gasteiger partial charge in [-0.1, -0.05) is 80.8 Å². The zero-order valence-electron chi connectivity index (χ0n) is 15.6. The molecule has 1 aromatic carbocycles. The topological polar surface area (TPSA) is 40.2 Å². The van der Waals surface area contributed by atoms with Crippen molar-refractivity contribution in [3.05, 3.63) is 54.4 Å². The number of nitrogens with zero attached hydrogens (tertiary/aromatic N) is 3. The molecule has 1 aromatic heterocycles. The Morgan fingerprint density at radius 2 is 1.73 bits per heavy atom. The molecule has 1 aliphatic heterocycles. The summed E-state index contributed by atoms with van der Waals surface area (Å²) < 4.78 is 2.05. The third kappa shape index (κ3) is 4.63. The number of fused-ring (bicyclic) bond motifs is 1. The molecule has 1 aliphatic rings. The van der Waals surface area contributed by atoms with Gasteiger partial charge < -0.3 is 22.1 Å². The lowest BCUT2D eigenvalue weighted by Gasteiger charge is -2.28. The van der Waals surface area contributed by atoms with E-state index in [9.17, 15) is 5.11 Å². The Kier molecular flexibility index (Phi) is 8.04. The van der Waals surface area contributed by atoms with E-state index in [1.165, 1.54) is 38.5 Å². The maximum absolute atomic E-state index is 11.5. The predicted octanol–water partition coefficient (Wildman–Crippen LogP) is 0.789. The van der Waals surface area contributed by atoms with Crippen molar-refractivity contribution in [1.82, 2.24) is 4.98 Å². The molecule has 0 radical (unpaired) electrons. The van der Waals surface area contributed by atoms with Crippen LogP contribution in [0.4, 0.5) is 5.95 Å². The van der Waals surface area contributed by atoms with E-state index in [4.69, 9.17) is 0 Å². The number of benzene rings is 1. The third-order valence-electron chi connectivity index (χ3n) is 5.10. The minimum absolute atomic E-state index is 0. The van der Waals surface area contributed by atoms with Gasteiger partial charge >= 0.3 is 5.95 Å². The van der Waals surface area contributed by atoms with Crippen molar-refractivity contribution in [2.75, 3.05) is 11.4 Å². The van der Waals surface area contributed by atoms with Gasteiger partial charge in [0.2, 0.25) is 5.72 Å². The summed E-state index contributed by atoms with van der Waals surface area (Å²) in [6, 6.07) is 11.9. The number of hydrogen-bond donors (Lipinski definition) is 1. The van der Waals surface area contributed by atoms with Crippen LogP contribution in [0.3, 0.4) is 0 Å². The third-order valence-corrected chi connectivity index (χ3v) is 5.10. The monoisotopic (exact) mass is 419 g/mol. The molecular weight excluding hydrogens is 390 g/mol. The smallest absolute Gasteiger partial charge is 0.396 e. The first-order valence-corrected chi connectivity index (χ1v) is 9.65. The van der Waals surface area contributed by atoms with E-state index in [0.717, 1.165) is 24.5 Å². The zero-order chi connectivity index (χ0) is 17.5. The summed E-state index contributed by atoms with van der Waals surface area (Å²) in [7, 11) is 0. The molecule has 0 spiro atoms. The van der Waals surface area contributed by atoms with Crippen LogP contribution in [0.25, 0.3) is 0 Å². The van der Waals surface area contributed by atoms with Crippen LogP contribution in [0, 0.1) is 0 Å². The SMILES string of the molecule is CCCCCCCCCN1c2nccc[n+]2C[C@@]1(O)c1ccccc1.[Br-]. The molecule has 0 unspecified atom stereocenters. The molecule has 0 amide bonds. The van der Waals surface area contributed by atoms with Gasteiger partial charge in [-0.15, -0.1) is 0 Å². The minimum Gasteiger partial charge on any atom is -1.00 e. The molecular formula is C21H30BrN3O. The Labute approximate surface area is 167 Å². The molecule has 2 aromatic rings. The van der Waals surface area contributed by atoms with Gasteiger partial charge in [-0.2, -0.15) is 0 Å². The average molecular weight is 420 g/mol. The van der Waals surface area contributed by atoms with E-state index in [0.29, 0.717) is 6.54 Å². The number of anilines is 1. The Balaban J connectivity index is 0.00000243. The van der Waals surface area contributed by atoms with Crippen molar-refractivity contribution >= 4 is 5.95 Å².